The van der Waals surface area contributed by atoms with E-state index in [2.05, 4.69) is 10.5 Å². The number of carbonyl (C=O) groups excluding carboxylic acids is 1. The second-order valence-corrected chi connectivity index (χ2v) is 3.00. The van der Waals surface area contributed by atoms with E-state index in [0.717, 1.165) is 0 Å². The lowest BCUT2D eigenvalue weighted by molar-refractivity contribution is 0.0956. The predicted molar refractivity (Wildman–Crippen MR) is 59.4 cm³/mol. The molecule has 76 valence electrons. The van der Waals surface area contributed by atoms with Crippen LogP contribution in [-0.2, 0) is 6.32 Å². The smallest absolute Gasteiger partial charge is 0.251 e. The van der Waals surface area contributed by atoms with Crippen molar-refractivity contribution in [3.05, 3.63) is 34.2 Å². The fraction of sp³-hybridized carbons (Fsp3) is 0.300. The maximum atomic E-state index is 11.4. The Morgan fingerprint density at radius 1 is 1.53 bits per heavy atom. The van der Waals surface area contributed by atoms with E-state index in [1.165, 1.54) is 6.07 Å². The number of carbonyl (C=O) groups is 1. The maximum Gasteiger partial charge on any atom is 0.251 e. The van der Waals surface area contributed by atoms with Crippen molar-refractivity contribution in [2.75, 3.05) is 6.54 Å². The van der Waals surface area contributed by atoms with E-state index in [4.69, 9.17) is 7.85 Å². The second kappa shape index (κ2) is 5.29. The van der Waals surface area contributed by atoms with Gasteiger partial charge in [-0.15, -0.1) is 4.91 Å². The van der Waals surface area contributed by atoms with Crippen molar-refractivity contribution in [3.63, 3.8) is 0 Å². The van der Waals surface area contributed by atoms with Gasteiger partial charge in [0, 0.05) is 12.1 Å². The van der Waals surface area contributed by atoms with Gasteiger partial charge in [-0.1, -0.05) is 12.4 Å². The molecule has 0 unspecified atom stereocenters. The molecule has 1 aromatic rings. The molecule has 0 bridgehead atoms. The van der Waals surface area contributed by atoms with Gasteiger partial charge in [0.2, 0.25) is 0 Å². The van der Waals surface area contributed by atoms with E-state index >= 15 is 0 Å². The summed E-state index contributed by atoms with van der Waals surface area (Å²) < 4.78 is 0. The SMILES string of the molecule is [B]Cc1ccc(C(=O)NCC)cc1N=O. The molecule has 0 fully saturated rings. The van der Waals surface area contributed by atoms with Gasteiger partial charge < -0.3 is 5.32 Å². The Kier molecular flexibility index (Phi) is 4.03. The molecule has 1 N–H and O–H groups in total. The molecule has 0 spiro atoms. The first-order valence-corrected chi connectivity index (χ1v) is 4.67. The summed E-state index contributed by atoms with van der Waals surface area (Å²) in [7, 11) is 5.41. The van der Waals surface area contributed by atoms with E-state index in [0.29, 0.717) is 17.7 Å². The topological polar surface area (TPSA) is 58.5 Å². The lowest BCUT2D eigenvalue weighted by Crippen LogP contribution is -2.22. The number of hydrogen-bond donors (Lipinski definition) is 1. The highest BCUT2D eigenvalue weighted by Gasteiger charge is 2.08. The van der Waals surface area contributed by atoms with Crippen molar-refractivity contribution < 1.29 is 4.79 Å². The third-order valence-electron chi connectivity index (χ3n) is 2.00. The summed E-state index contributed by atoms with van der Waals surface area (Å²) in [6, 6.07) is 4.71. The first-order valence-electron chi connectivity index (χ1n) is 4.67. The third-order valence-corrected chi connectivity index (χ3v) is 2.00. The predicted octanol–water partition coefficient (Wildman–Crippen LogP) is 1.50. The van der Waals surface area contributed by atoms with Gasteiger partial charge in [-0.3, -0.25) is 4.79 Å². The second-order valence-electron chi connectivity index (χ2n) is 3.00. The molecule has 2 radical (unpaired) electrons. The number of amides is 1. The monoisotopic (exact) mass is 202 g/mol. The Bertz CT molecular complexity index is 380. The molecular formula is C10H11BN2O2. The molecular weight excluding hydrogens is 191 g/mol. The minimum Gasteiger partial charge on any atom is -0.352 e. The van der Waals surface area contributed by atoms with Gasteiger partial charge >= 0.3 is 0 Å². The summed E-state index contributed by atoms with van der Waals surface area (Å²) in [6.45, 7) is 2.37. The fourth-order valence-electron chi connectivity index (χ4n) is 1.23. The lowest BCUT2D eigenvalue weighted by Gasteiger charge is -2.05. The highest BCUT2D eigenvalue weighted by molar-refractivity contribution is 6.09. The van der Waals surface area contributed by atoms with Crippen LogP contribution in [0.5, 0.6) is 0 Å². The lowest BCUT2D eigenvalue weighted by atomic mass is 9.94. The first kappa shape index (κ1) is 11.4. The summed E-state index contributed by atoms with van der Waals surface area (Å²) in [5, 5.41) is 5.47. The van der Waals surface area contributed by atoms with Gasteiger partial charge in [0.15, 0.2) is 0 Å². The van der Waals surface area contributed by atoms with Crippen LogP contribution in [0.3, 0.4) is 0 Å². The average molecular weight is 202 g/mol. The summed E-state index contributed by atoms with van der Waals surface area (Å²) in [5.74, 6) is -0.217. The van der Waals surface area contributed by atoms with Crippen molar-refractivity contribution in [1.82, 2.24) is 5.32 Å². The molecule has 1 rings (SSSR count). The summed E-state index contributed by atoms with van der Waals surface area (Å²) >= 11 is 0. The zero-order chi connectivity index (χ0) is 11.3. The highest BCUT2D eigenvalue weighted by Crippen LogP contribution is 2.20. The molecule has 4 nitrogen and oxygen atoms in total. The molecule has 1 amide bonds. The minimum absolute atomic E-state index is 0.217. The van der Waals surface area contributed by atoms with Gasteiger partial charge in [-0.2, -0.15) is 0 Å². The number of nitrogens with one attached hydrogen (secondary N) is 1. The van der Waals surface area contributed by atoms with Crippen LogP contribution in [0.2, 0.25) is 0 Å². The number of benzene rings is 1. The number of hydrogen-bond acceptors (Lipinski definition) is 3. The minimum atomic E-state index is -0.217. The van der Waals surface area contributed by atoms with Gasteiger partial charge in [0.25, 0.3) is 5.91 Å². The number of nitroso groups, excluding NO2 is 1. The Morgan fingerprint density at radius 3 is 2.80 bits per heavy atom. The van der Waals surface area contributed by atoms with Crippen molar-refractivity contribution in [3.8, 4) is 0 Å². The van der Waals surface area contributed by atoms with Crippen LogP contribution in [0.4, 0.5) is 5.69 Å². The van der Waals surface area contributed by atoms with E-state index in [9.17, 15) is 9.70 Å². The van der Waals surface area contributed by atoms with Crippen molar-refractivity contribution in [2.24, 2.45) is 5.18 Å². The molecule has 0 saturated carbocycles. The van der Waals surface area contributed by atoms with Crippen LogP contribution >= 0.6 is 0 Å². The fourth-order valence-corrected chi connectivity index (χ4v) is 1.23. The maximum absolute atomic E-state index is 11.4. The van der Waals surface area contributed by atoms with Gasteiger partial charge in [0.1, 0.15) is 5.69 Å². The number of nitrogens with zero attached hydrogens (tertiary/aromatic N) is 1. The summed E-state index contributed by atoms with van der Waals surface area (Å²) in [6.07, 6.45) is 0.233. The van der Waals surface area contributed by atoms with Crippen LogP contribution in [0, 0.1) is 4.91 Å². The molecule has 0 atom stereocenters. The summed E-state index contributed by atoms with van der Waals surface area (Å²) in [4.78, 5) is 21.9. The Labute approximate surface area is 89.4 Å². The van der Waals surface area contributed by atoms with Gasteiger partial charge in [0.05, 0.1) is 7.85 Å². The quantitative estimate of drug-likeness (QED) is 0.594. The van der Waals surface area contributed by atoms with E-state index in [1.807, 2.05) is 6.92 Å². The van der Waals surface area contributed by atoms with Crippen LogP contribution in [0.15, 0.2) is 23.4 Å². The molecule has 0 heterocycles. The largest absolute Gasteiger partial charge is 0.352 e. The summed E-state index contributed by atoms with van der Waals surface area (Å²) in [5.41, 5.74) is 1.28. The molecule has 0 aliphatic heterocycles. The van der Waals surface area contributed by atoms with Crippen molar-refractivity contribution >= 4 is 19.4 Å². The third kappa shape index (κ3) is 2.65. The average Bonchev–Trinajstić information content (AvgIpc) is 2.28. The Balaban J connectivity index is 3.02. The zero-order valence-electron chi connectivity index (χ0n) is 8.49. The number of rotatable bonds is 4. The van der Waals surface area contributed by atoms with Crippen LogP contribution in [0.25, 0.3) is 0 Å². The normalized spacial score (nSPS) is 9.67. The standard InChI is InChI=1S/C10H11BN2O2/c1-2-12-10(14)7-3-4-8(6-11)9(5-7)13-15/h3-5H,2,6H2,1H3,(H,12,14). The molecule has 0 aliphatic rings. The Morgan fingerprint density at radius 2 is 2.27 bits per heavy atom. The molecule has 0 aliphatic carbocycles. The van der Waals surface area contributed by atoms with Gasteiger partial charge in [-0.05, 0) is 29.8 Å². The van der Waals surface area contributed by atoms with Crippen LogP contribution in [0.1, 0.15) is 22.8 Å². The van der Waals surface area contributed by atoms with E-state index in [-0.39, 0.29) is 17.9 Å². The molecule has 15 heavy (non-hydrogen) atoms. The molecule has 0 saturated heterocycles. The zero-order valence-corrected chi connectivity index (χ0v) is 8.49. The van der Waals surface area contributed by atoms with E-state index < -0.39 is 0 Å². The molecule has 0 aromatic heterocycles. The van der Waals surface area contributed by atoms with Crippen LogP contribution < -0.4 is 5.32 Å². The molecule has 5 heteroatoms. The highest BCUT2D eigenvalue weighted by atomic mass is 16.3. The van der Waals surface area contributed by atoms with Crippen molar-refractivity contribution in [2.45, 2.75) is 13.2 Å². The van der Waals surface area contributed by atoms with Gasteiger partial charge in [-0.25, -0.2) is 0 Å². The van der Waals surface area contributed by atoms with Crippen LogP contribution in [-0.4, -0.2) is 20.3 Å². The first-order chi connectivity index (χ1) is 7.22. The molecule has 1 aromatic carbocycles. The Hall–Kier alpha value is -1.65. The van der Waals surface area contributed by atoms with Crippen molar-refractivity contribution in [1.29, 1.82) is 0 Å². The van der Waals surface area contributed by atoms with E-state index in [1.54, 1.807) is 12.1 Å².